The third-order valence-corrected chi connectivity index (χ3v) is 5.12. The molecule has 0 aromatic heterocycles. The second-order valence-electron chi connectivity index (χ2n) is 8.51. The van der Waals surface area contributed by atoms with E-state index in [0.29, 0.717) is 18.0 Å². The van der Waals surface area contributed by atoms with Crippen LogP contribution < -0.4 is 5.32 Å². The monoisotopic (exact) mass is 356 g/mol. The lowest BCUT2D eigenvalue weighted by molar-refractivity contribution is 0.0291. The van der Waals surface area contributed by atoms with Gasteiger partial charge in [0.2, 0.25) is 0 Å². The first-order valence-electron chi connectivity index (χ1n) is 9.85. The van der Waals surface area contributed by atoms with Crippen molar-refractivity contribution in [3.63, 3.8) is 0 Å². The molecule has 1 saturated heterocycles. The minimum Gasteiger partial charge on any atom is -0.444 e. The smallest absolute Gasteiger partial charge is 0.410 e. The second-order valence-corrected chi connectivity index (χ2v) is 8.51. The van der Waals surface area contributed by atoms with Crippen LogP contribution in [0.1, 0.15) is 52.5 Å². The highest BCUT2D eigenvalue weighted by molar-refractivity contribution is 5.68. The number of carbonyl (C=O) groups excluding carboxylic acids is 1. The van der Waals surface area contributed by atoms with E-state index in [2.05, 4.69) is 48.6 Å². The normalized spacial score (nSPS) is 26.1. The number of hydrogen-bond donors (Lipinski definition) is 1. The molecule has 1 heterocycles. The van der Waals surface area contributed by atoms with Crippen LogP contribution in [0.4, 0.5) is 4.79 Å². The van der Waals surface area contributed by atoms with Gasteiger partial charge in [0.15, 0.2) is 0 Å². The van der Waals surface area contributed by atoms with Crippen molar-refractivity contribution in [1.82, 2.24) is 10.2 Å². The van der Waals surface area contributed by atoms with E-state index in [9.17, 15) is 4.79 Å². The van der Waals surface area contributed by atoms with E-state index >= 15 is 0 Å². The van der Waals surface area contributed by atoms with Crippen molar-refractivity contribution in [2.24, 2.45) is 5.92 Å². The van der Waals surface area contributed by atoms with Gasteiger partial charge in [0, 0.05) is 25.2 Å². The molecule has 142 valence electrons. The van der Waals surface area contributed by atoms with Gasteiger partial charge in [-0.05, 0) is 51.5 Å². The van der Waals surface area contributed by atoms with Crippen molar-refractivity contribution in [3.05, 3.63) is 41.5 Å². The summed E-state index contributed by atoms with van der Waals surface area (Å²) < 4.78 is 5.48. The highest BCUT2D eigenvalue weighted by atomic mass is 16.6. The number of carbonyl (C=O) groups is 1. The van der Waals surface area contributed by atoms with Crippen LogP contribution in [0.25, 0.3) is 6.08 Å². The maximum Gasteiger partial charge on any atom is 0.410 e. The maximum absolute atomic E-state index is 12.2. The van der Waals surface area contributed by atoms with Gasteiger partial charge in [-0.2, -0.15) is 0 Å². The van der Waals surface area contributed by atoms with E-state index in [1.807, 2.05) is 25.7 Å². The van der Waals surface area contributed by atoms with Gasteiger partial charge in [0.1, 0.15) is 5.60 Å². The molecular weight excluding hydrogens is 324 g/mol. The molecule has 4 heteroatoms. The van der Waals surface area contributed by atoms with Crippen molar-refractivity contribution < 1.29 is 9.53 Å². The summed E-state index contributed by atoms with van der Waals surface area (Å²) in [4.78, 5) is 14.0. The van der Waals surface area contributed by atoms with Gasteiger partial charge in [0.25, 0.3) is 0 Å². The van der Waals surface area contributed by atoms with Crippen molar-refractivity contribution in [3.8, 4) is 0 Å². The molecule has 3 atom stereocenters. The van der Waals surface area contributed by atoms with Crippen LogP contribution in [-0.2, 0) is 4.74 Å². The Bertz CT molecular complexity index is 648. The summed E-state index contributed by atoms with van der Waals surface area (Å²) in [6.07, 6.45) is 5.45. The summed E-state index contributed by atoms with van der Waals surface area (Å²) in [5.41, 5.74) is 2.38. The van der Waals surface area contributed by atoms with E-state index in [4.69, 9.17) is 4.74 Å². The third kappa shape index (κ3) is 5.10. The SMILES string of the molecule is CCC(=Cc1ccccc1)C1C[C@@H]1NC1CCN(C(=O)OC(C)(C)C)C1. The molecule has 1 aromatic carbocycles. The zero-order valence-corrected chi connectivity index (χ0v) is 16.5. The van der Waals surface area contributed by atoms with Gasteiger partial charge in [-0.3, -0.25) is 0 Å². The Hall–Kier alpha value is -1.81. The average Bonchev–Trinajstić information content (AvgIpc) is 3.16. The minimum atomic E-state index is -0.428. The number of amides is 1. The van der Waals surface area contributed by atoms with Gasteiger partial charge in [-0.25, -0.2) is 4.79 Å². The van der Waals surface area contributed by atoms with E-state index in [1.165, 1.54) is 17.6 Å². The molecule has 2 aliphatic rings. The zero-order chi connectivity index (χ0) is 18.7. The highest BCUT2D eigenvalue weighted by Gasteiger charge is 2.41. The first-order valence-corrected chi connectivity index (χ1v) is 9.85. The lowest BCUT2D eigenvalue weighted by Gasteiger charge is -2.24. The molecule has 1 aliphatic carbocycles. The largest absolute Gasteiger partial charge is 0.444 e. The van der Waals surface area contributed by atoms with Crippen LogP contribution in [0, 0.1) is 5.92 Å². The number of ether oxygens (including phenoxy) is 1. The Morgan fingerprint density at radius 3 is 2.69 bits per heavy atom. The molecule has 1 N–H and O–H groups in total. The van der Waals surface area contributed by atoms with E-state index in [1.54, 1.807) is 0 Å². The summed E-state index contributed by atoms with van der Waals surface area (Å²) in [5, 5.41) is 3.76. The number of rotatable bonds is 5. The van der Waals surface area contributed by atoms with Crippen LogP contribution in [0.2, 0.25) is 0 Å². The molecule has 1 saturated carbocycles. The van der Waals surface area contributed by atoms with Gasteiger partial charge in [-0.1, -0.05) is 48.9 Å². The Balaban J connectivity index is 1.49. The summed E-state index contributed by atoms with van der Waals surface area (Å²) in [6, 6.07) is 11.5. The second kappa shape index (κ2) is 7.83. The Morgan fingerprint density at radius 2 is 2.04 bits per heavy atom. The van der Waals surface area contributed by atoms with E-state index in [-0.39, 0.29) is 6.09 Å². The van der Waals surface area contributed by atoms with E-state index < -0.39 is 5.60 Å². The molecule has 1 aliphatic heterocycles. The van der Waals surface area contributed by atoms with Gasteiger partial charge < -0.3 is 15.0 Å². The zero-order valence-electron chi connectivity index (χ0n) is 16.5. The van der Waals surface area contributed by atoms with Crippen LogP contribution >= 0.6 is 0 Å². The lowest BCUT2D eigenvalue weighted by atomic mass is 10.0. The molecule has 4 nitrogen and oxygen atoms in total. The molecular formula is C22H32N2O2. The van der Waals surface area contributed by atoms with Crippen molar-refractivity contribution >= 4 is 12.2 Å². The molecule has 1 aromatic rings. The molecule has 1 amide bonds. The fraction of sp³-hybridized carbons (Fsp3) is 0.591. The van der Waals surface area contributed by atoms with Crippen LogP contribution in [0.5, 0.6) is 0 Å². The van der Waals surface area contributed by atoms with E-state index in [0.717, 1.165) is 25.9 Å². The van der Waals surface area contributed by atoms with Gasteiger partial charge in [-0.15, -0.1) is 0 Å². The minimum absolute atomic E-state index is 0.188. The number of nitrogens with one attached hydrogen (secondary N) is 1. The Labute approximate surface area is 157 Å². The highest BCUT2D eigenvalue weighted by Crippen LogP contribution is 2.40. The van der Waals surface area contributed by atoms with Crippen LogP contribution in [0.15, 0.2) is 35.9 Å². The molecule has 0 spiro atoms. The van der Waals surface area contributed by atoms with Gasteiger partial charge >= 0.3 is 6.09 Å². The summed E-state index contributed by atoms with van der Waals surface area (Å²) in [7, 11) is 0. The predicted octanol–water partition coefficient (Wildman–Crippen LogP) is 4.47. The molecule has 3 rings (SSSR count). The van der Waals surface area contributed by atoms with Crippen LogP contribution in [0.3, 0.4) is 0 Å². The van der Waals surface area contributed by atoms with Crippen molar-refractivity contribution in [1.29, 1.82) is 0 Å². The van der Waals surface area contributed by atoms with Crippen molar-refractivity contribution in [2.75, 3.05) is 13.1 Å². The summed E-state index contributed by atoms with van der Waals surface area (Å²) in [6.45, 7) is 9.51. The molecule has 2 fully saturated rings. The number of nitrogens with zero attached hydrogens (tertiary/aromatic N) is 1. The molecule has 2 unspecified atom stereocenters. The summed E-state index contributed by atoms with van der Waals surface area (Å²) in [5.74, 6) is 0.635. The Morgan fingerprint density at radius 1 is 1.31 bits per heavy atom. The van der Waals surface area contributed by atoms with Crippen molar-refractivity contribution in [2.45, 2.75) is 64.6 Å². The topological polar surface area (TPSA) is 41.6 Å². The Kier molecular flexibility index (Phi) is 5.71. The quantitative estimate of drug-likeness (QED) is 0.846. The number of hydrogen-bond acceptors (Lipinski definition) is 3. The fourth-order valence-corrected chi connectivity index (χ4v) is 3.71. The molecule has 0 radical (unpaired) electrons. The van der Waals surface area contributed by atoms with Gasteiger partial charge in [0.05, 0.1) is 0 Å². The standard InChI is InChI=1S/C22H32N2O2/c1-5-17(13-16-9-7-6-8-10-16)19-14-20(19)23-18-11-12-24(15-18)21(25)26-22(2,3)4/h6-10,13,18-20,23H,5,11-12,14-15H2,1-4H3/t18?,19?,20-/m0/s1. The van der Waals surface area contributed by atoms with Crippen LogP contribution in [-0.4, -0.2) is 41.8 Å². The first kappa shape index (κ1) is 19.0. The maximum atomic E-state index is 12.2. The fourth-order valence-electron chi connectivity index (χ4n) is 3.71. The molecule has 26 heavy (non-hydrogen) atoms. The average molecular weight is 357 g/mol. The number of benzene rings is 1. The molecule has 0 bridgehead atoms. The first-order chi connectivity index (χ1) is 12.4. The predicted molar refractivity (Wildman–Crippen MR) is 106 cm³/mol. The number of likely N-dealkylation sites (tertiary alicyclic amines) is 1. The lowest BCUT2D eigenvalue weighted by Crippen LogP contribution is -2.39. The third-order valence-electron chi connectivity index (χ3n) is 5.12. The summed E-state index contributed by atoms with van der Waals surface area (Å²) >= 11 is 0.